The molecule has 0 heterocycles. The van der Waals surface area contributed by atoms with Gasteiger partial charge in [0.05, 0.1) is 0 Å². The molecule has 0 aliphatic rings. The summed E-state index contributed by atoms with van der Waals surface area (Å²) < 4.78 is 0.990. The maximum atomic E-state index is 9.94. The van der Waals surface area contributed by atoms with Gasteiger partial charge >= 0.3 is 5.97 Å². The highest BCUT2D eigenvalue weighted by atomic mass is 79.9. The van der Waals surface area contributed by atoms with Gasteiger partial charge in [0.2, 0.25) is 0 Å². The third kappa shape index (κ3) is 7.69. The molecule has 2 nitrogen and oxygen atoms in total. The molecule has 1 N–H and O–H groups in total. The van der Waals surface area contributed by atoms with E-state index < -0.39 is 5.97 Å². The molecule has 0 aromatic carbocycles. The molecule has 0 aliphatic carbocycles. The number of carbonyl (C=O) groups is 1. The van der Waals surface area contributed by atoms with Gasteiger partial charge in [-0.3, -0.25) is 4.79 Å². The monoisotopic (exact) mass is 192 g/mol. The van der Waals surface area contributed by atoms with E-state index >= 15 is 0 Å². The average molecular weight is 193 g/mol. The number of halogens is 1. The molecule has 0 rings (SSSR count). The van der Waals surface area contributed by atoms with Gasteiger partial charge in [0, 0.05) is 6.42 Å². The predicted molar refractivity (Wildman–Crippen MR) is 39.6 cm³/mol. The number of carboxylic acid groups (broad SMARTS) is 1. The summed E-state index contributed by atoms with van der Waals surface area (Å²) in [6, 6.07) is 0. The van der Waals surface area contributed by atoms with Gasteiger partial charge < -0.3 is 5.11 Å². The van der Waals surface area contributed by atoms with E-state index in [1.165, 1.54) is 0 Å². The summed E-state index contributed by atoms with van der Waals surface area (Å²) >= 11 is 3.19. The zero-order valence-corrected chi connectivity index (χ0v) is 6.81. The largest absolute Gasteiger partial charge is 0.481 e. The molecule has 0 atom stereocenters. The van der Waals surface area contributed by atoms with Crippen LogP contribution >= 0.6 is 15.9 Å². The minimum atomic E-state index is -0.750. The highest BCUT2D eigenvalue weighted by Crippen LogP contribution is 2.04. The smallest absolute Gasteiger partial charge is 0.303 e. The zero-order valence-electron chi connectivity index (χ0n) is 5.22. The molecule has 0 aromatic rings. The molecule has 0 spiro atoms. The molecule has 0 unspecified atom stereocenters. The Labute approximate surface area is 62.7 Å². The lowest BCUT2D eigenvalue weighted by atomic mass is 10.3. The van der Waals surface area contributed by atoms with Crippen molar-refractivity contribution in [3.63, 3.8) is 0 Å². The first-order valence-corrected chi connectivity index (χ1v) is 3.46. The van der Waals surface area contributed by atoms with Crippen LogP contribution in [0, 0.1) is 0 Å². The SMILES string of the molecule is CC(Br)=CCCC(=O)O. The molecule has 0 aliphatic heterocycles. The third-order valence-electron chi connectivity index (χ3n) is 0.784. The van der Waals surface area contributed by atoms with E-state index in [0.29, 0.717) is 6.42 Å². The summed E-state index contributed by atoms with van der Waals surface area (Å²) in [7, 11) is 0. The standard InChI is InChI=1S/C6H9BrO2/c1-5(7)3-2-4-6(8)9/h3H,2,4H2,1H3,(H,8,9). The van der Waals surface area contributed by atoms with Gasteiger partial charge in [-0.1, -0.05) is 22.0 Å². The van der Waals surface area contributed by atoms with Gasteiger partial charge in [0.15, 0.2) is 0 Å². The third-order valence-corrected chi connectivity index (χ3v) is 1.11. The van der Waals surface area contributed by atoms with Crippen molar-refractivity contribution in [2.45, 2.75) is 19.8 Å². The van der Waals surface area contributed by atoms with Crippen molar-refractivity contribution < 1.29 is 9.90 Å². The van der Waals surface area contributed by atoms with E-state index in [1.807, 2.05) is 13.0 Å². The van der Waals surface area contributed by atoms with E-state index in [-0.39, 0.29) is 6.42 Å². The van der Waals surface area contributed by atoms with Crippen LogP contribution in [-0.4, -0.2) is 11.1 Å². The van der Waals surface area contributed by atoms with Crippen LogP contribution in [0.15, 0.2) is 10.6 Å². The van der Waals surface area contributed by atoms with Gasteiger partial charge in [-0.25, -0.2) is 0 Å². The van der Waals surface area contributed by atoms with Gasteiger partial charge in [0.1, 0.15) is 0 Å². The van der Waals surface area contributed by atoms with Crippen molar-refractivity contribution >= 4 is 21.9 Å². The number of hydrogen-bond donors (Lipinski definition) is 1. The number of allylic oxidation sites excluding steroid dienone is 2. The number of hydrogen-bond acceptors (Lipinski definition) is 1. The summed E-state index contributed by atoms with van der Waals surface area (Å²) in [5, 5.41) is 8.18. The molecule has 3 heteroatoms. The second kappa shape index (κ2) is 4.56. The molecule has 0 radical (unpaired) electrons. The van der Waals surface area contributed by atoms with Crippen LogP contribution in [0.5, 0.6) is 0 Å². The normalized spacial score (nSPS) is 11.6. The van der Waals surface area contributed by atoms with Crippen LogP contribution < -0.4 is 0 Å². The van der Waals surface area contributed by atoms with Crippen LogP contribution in [0.4, 0.5) is 0 Å². The molecule has 0 amide bonds. The summed E-state index contributed by atoms with van der Waals surface area (Å²) in [4.78, 5) is 9.94. The van der Waals surface area contributed by atoms with Crippen molar-refractivity contribution in [3.8, 4) is 0 Å². The Bertz CT molecular complexity index is 125. The summed E-state index contributed by atoms with van der Waals surface area (Å²) in [6.45, 7) is 1.88. The quantitative estimate of drug-likeness (QED) is 0.745. The molecule has 0 aromatic heterocycles. The predicted octanol–water partition coefficient (Wildman–Crippen LogP) is 2.15. The Morgan fingerprint density at radius 1 is 1.78 bits per heavy atom. The van der Waals surface area contributed by atoms with Crippen LogP contribution in [-0.2, 0) is 4.79 Å². The summed E-state index contributed by atoms with van der Waals surface area (Å²) in [6.07, 6.45) is 2.66. The first kappa shape index (κ1) is 8.69. The molecule has 0 fully saturated rings. The van der Waals surface area contributed by atoms with E-state index in [1.54, 1.807) is 0 Å². The Hall–Kier alpha value is -0.310. The maximum Gasteiger partial charge on any atom is 0.303 e. The second-order valence-corrected chi connectivity index (χ2v) is 2.97. The average Bonchev–Trinajstić information content (AvgIpc) is 1.63. The van der Waals surface area contributed by atoms with Crippen molar-refractivity contribution in [2.24, 2.45) is 0 Å². The lowest BCUT2D eigenvalue weighted by Crippen LogP contribution is -1.91. The zero-order chi connectivity index (χ0) is 7.28. The molecular weight excluding hydrogens is 184 g/mol. The molecule has 52 valence electrons. The van der Waals surface area contributed by atoms with Crippen LogP contribution in [0.3, 0.4) is 0 Å². The van der Waals surface area contributed by atoms with Crippen LogP contribution in [0.1, 0.15) is 19.8 Å². The first-order chi connectivity index (χ1) is 4.13. The van der Waals surface area contributed by atoms with Gasteiger partial charge in [0.25, 0.3) is 0 Å². The molecule has 0 saturated carbocycles. The van der Waals surface area contributed by atoms with E-state index in [2.05, 4.69) is 15.9 Å². The molecular formula is C6H9BrO2. The fourth-order valence-corrected chi connectivity index (χ4v) is 0.623. The topological polar surface area (TPSA) is 37.3 Å². The van der Waals surface area contributed by atoms with E-state index in [4.69, 9.17) is 5.11 Å². The van der Waals surface area contributed by atoms with Gasteiger partial charge in [-0.15, -0.1) is 0 Å². The number of rotatable bonds is 3. The Kier molecular flexibility index (Phi) is 4.40. The Morgan fingerprint density at radius 3 is 2.67 bits per heavy atom. The van der Waals surface area contributed by atoms with Crippen molar-refractivity contribution in [1.82, 2.24) is 0 Å². The Morgan fingerprint density at radius 2 is 2.33 bits per heavy atom. The second-order valence-electron chi connectivity index (χ2n) is 1.72. The van der Waals surface area contributed by atoms with Crippen molar-refractivity contribution in [1.29, 1.82) is 0 Å². The maximum absolute atomic E-state index is 9.94. The van der Waals surface area contributed by atoms with E-state index in [9.17, 15) is 4.79 Å². The van der Waals surface area contributed by atoms with E-state index in [0.717, 1.165) is 4.48 Å². The lowest BCUT2D eigenvalue weighted by Gasteiger charge is -1.87. The van der Waals surface area contributed by atoms with Crippen molar-refractivity contribution in [2.75, 3.05) is 0 Å². The van der Waals surface area contributed by atoms with Gasteiger partial charge in [-0.2, -0.15) is 0 Å². The van der Waals surface area contributed by atoms with Crippen LogP contribution in [0.2, 0.25) is 0 Å². The molecule has 0 saturated heterocycles. The highest BCUT2D eigenvalue weighted by Gasteiger charge is 1.91. The van der Waals surface area contributed by atoms with Crippen LogP contribution in [0.25, 0.3) is 0 Å². The first-order valence-electron chi connectivity index (χ1n) is 2.67. The lowest BCUT2D eigenvalue weighted by molar-refractivity contribution is -0.136. The molecule has 9 heavy (non-hydrogen) atoms. The summed E-state index contributed by atoms with van der Waals surface area (Å²) in [5.74, 6) is -0.750. The number of carboxylic acids is 1. The van der Waals surface area contributed by atoms with Gasteiger partial charge in [-0.05, 0) is 17.8 Å². The summed E-state index contributed by atoms with van der Waals surface area (Å²) in [5.41, 5.74) is 0. The minimum Gasteiger partial charge on any atom is -0.481 e. The number of aliphatic carboxylic acids is 1. The Balaban J connectivity index is 3.31. The van der Waals surface area contributed by atoms with Crippen molar-refractivity contribution in [3.05, 3.63) is 10.6 Å². The fraction of sp³-hybridized carbons (Fsp3) is 0.500. The minimum absolute atomic E-state index is 0.211. The fourth-order valence-electron chi connectivity index (χ4n) is 0.395. The highest BCUT2D eigenvalue weighted by molar-refractivity contribution is 9.11. The molecule has 0 bridgehead atoms.